The van der Waals surface area contributed by atoms with Gasteiger partial charge in [-0.1, -0.05) is 24.3 Å². The quantitative estimate of drug-likeness (QED) is 0.175. The number of hydrogen-bond donors (Lipinski definition) is 3. The van der Waals surface area contributed by atoms with Gasteiger partial charge in [0.15, 0.2) is 0 Å². The lowest BCUT2D eigenvalue weighted by Crippen LogP contribution is -2.40. The highest BCUT2D eigenvalue weighted by Crippen LogP contribution is 2.30. The number of benzene rings is 2. The van der Waals surface area contributed by atoms with Crippen molar-refractivity contribution in [3.05, 3.63) is 106 Å². The van der Waals surface area contributed by atoms with Gasteiger partial charge in [0.1, 0.15) is 12.5 Å². The Balaban J connectivity index is 1.14. The summed E-state index contributed by atoms with van der Waals surface area (Å²) in [5.41, 5.74) is 0.0173. The summed E-state index contributed by atoms with van der Waals surface area (Å²) in [6.07, 6.45) is -1.90. The van der Waals surface area contributed by atoms with Crippen LogP contribution in [-0.4, -0.2) is 46.1 Å². The lowest BCUT2D eigenvalue weighted by atomic mass is 10.1. The molecule has 15 heteroatoms. The van der Waals surface area contributed by atoms with E-state index < -0.39 is 41.4 Å². The van der Waals surface area contributed by atoms with Crippen LogP contribution in [0.2, 0.25) is 0 Å². The molecule has 0 spiro atoms. The molecule has 242 valence electrons. The van der Waals surface area contributed by atoms with E-state index in [0.717, 1.165) is 24.3 Å². The molecule has 0 aliphatic heterocycles. The van der Waals surface area contributed by atoms with Gasteiger partial charge in [-0.2, -0.15) is 26.3 Å². The molecule has 0 saturated heterocycles. The molecule has 0 radical (unpaired) electrons. The van der Waals surface area contributed by atoms with Crippen LogP contribution in [0.3, 0.4) is 0 Å². The Morgan fingerprint density at radius 2 is 1.04 bits per heavy atom. The average molecular weight is 649 g/mol. The Bertz CT molecular complexity index is 1550. The first kappa shape index (κ1) is 33.7. The van der Waals surface area contributed by atoms with Crippen LogP contribution in [0, 0.1) is 0 Å². The minimum absolute atomic E-state index is 0.139. The number of aromatic nitrogens is 2. The highest BCUT2D eigenvalue weighted by Gasteiger charge is 2.30. The van der Waals surface area contributed by atoms with Crippen LogP contribution >= 0.6 is 0 Å². The van der Waals surface area contributed by atoms with E-state index in [9.17, 15) is 41.0 Å². The number of carbonyl (C=O) groups is 2. The fourth-order valence-electron chi connectivity index (χ4n) is 3.85. The largest absolute Gasteiger partial charge is 0.445 e. The van der Waals surface area contributed by atoms with Gasteiger partial charge in [-0.15, -0.1) is 0 Å². The highest BCUT2D eigenvalue weighted by molar-refractivity contribution is 5.79. The van der Waals surface area contributed by atoms with Crippen molar-refractivity contribution < 1.29 is 49.9 Å². The third-order valence-electron chi connectivity index (χ3n) is 6.20. The molecule has 4 aromatic rings. The van der Waals surface area contributed by atoms with Crippen LogP contribution in [0.25, 0.3) is 24.3 Å². The number of aliphatic hydroxyl groups excluding tert-OH is 1. The second kappa shape index (κ2) is 14.7. The van der Waals surface area contributed by atoms with Gasteiger partial charge in [-0.3, -0.25) is 9.59 Å². The molecule has 2 heterocycles. The van der Waals surface area contributed by atoms with Crippen LogP contribution < -0.4 is 10.6 Å². The second-order valence-corrected chi connectivity index (χ2v) is 9.88. The first-order valence-electron chi connectivity index (χ1n) is 13.6. The number of halogens is 6. The second-order valence-electron chi connectivity index (χ2n) is 9.88. The first-order chi connectivity index (χ1) is 21.7. The van der Waals surface area contributed by atoms with Gasteiger partial charge in [-0.25, -0.2) is 9.97 Å². The lowest BCUT2D eigenvalue weighted by Gasteiger charge is -2.12. The van der Waals surface area contributed by atoms with E-state index >= 15 is 0 Å². The van der Waals surface area contributed by atoms with Gasteiger partial charge in [0.05, 0.1) is 41.5 Å². The zero-order valence-corrected chi connectivity index (χ0v) is 23.7. The van der Waals surface area contributed by atoms with Crippen LogP contribution in [0.1, 0.15) is 45.4 Å². The molecule has 2 aromatic heterocycles. The summed E-state index contributed by atoms with van der Waals surface area (Å²) in [6, 6.07) is 9.00. The topological polar surface area (TPSA) is 130 Å². The van der Waals surface area contributed by atoms with Crippen molar-refractivity contribution in [1.82, 2.24) is 20.6 Å². The van der Waals surface area contributed by atoms with Gasteiger partial charge in [0.25, 0.3) is 0 Å². The van der Waals surface area contributed by atoms with Crippen molar-refractivity contribution in [3.8, 4) is 0 Å². The Morgan fingerprint density at radius 3 is 1.39 bits per heavy atom. The van der Waals surface area contributed by atoms with Crippen LogP contribution in [-0.2, 0) is 34.8 Å². The number of nitrogens with one attached hydrogen (secondary N) is 2. The molecule has 0 unspecified atom stereocenters. The molecule has 0 fully saturated rings. The number of nitrogens with zero attached hydrogens (tertiary/aromatic N) is 2. The maximum atomic E-state index is 12.7. The van der Waals surface area contributed by atoms with Crippen molar-refractivity contribution in [2.24, 2.45) is 0 Å². The Hall–Kier alpha value is -5.18. The number of carbonyl (C=O) groups excluding carboxylic acids is 2. The summed E-state index contributed by atoms with van der Waals surface area (Å²) < 4.78 is 86.6. The number of amides is 2. The summed E-state index contributed by atoms with van der Waals surface area (Å²) in [6.45, 7) is -0.332. The smallest absolute Gasteiger partial charge is 0.416 e. The highest BCUT2D eigenvalue weighted by atomic mass is 19.4. The molecule has 0 atom stereocenters. The molecule has 9 nitrogen and oxygen atoms in total. The normalized spacial score (nSPS) is 12.3. The summed E-state index contributed by atoms with van der Waals surface area (Å²) in [5, 5.41) is 15.1. The fraction of sp³-hybridized carbons (Fsp3) is 0.226. The van der Waals surface area contributed by atoms with Gasteiger partial charge < -0.3 is 24.6 Å². The van der Waals surface area contributed by atoms with E-state index in [-0.39, 0.29) is 49.1 Å². The lowest BCUT2D eigenvalue weighted by molar-refractivity contribution is -0.138. The molecule has 0 aliphatic rings. The average Bonchev–Trinajstić information content (AvgIpc) is 3.65. The summed E-state index contributed by atoms with van der Waals surface area (Å²) >= 11 is 0. The number of aliphatic hydroxyl groups is 1. The third-order valence-corrected chi connectivity index (χ3v) is 6.20. The maximum Gasteiger partial charge on any atom is 0.416 e. The number of rotatable bonds is 12. The maximum absolute atomic E-state index is 12.7. The molecule has 0 saturated carbocycles. The molecule has 46 heavy (non-hydrogen) atoms. The van der Waals surface area contributed by atoms with E-state index in [2.05, 4.69) is 20.6 Å². The van der Waals surface area contributed by atoms with E-state index in [1.54, 1.807) is 0 Å². The molecule has 4 rings (SSSR count). The fourth-order valence-corrected chi connectivity index (χ4v) is 3.85. The van der Waals surface area contributed by atoms with E-state index in [1.165, 1.54) is 61.1 Å². The van der Waals surface area contributed by atoms with Crippen molar-refractivity contribution >= 4 is 36.1 Å². The summed E-state index contributed by atoms with van der Waals surface area (Å²) in [5.74, 6) is -0.674. The van der Waals surface area contributed by atoms with Crippen molar-refractivity contribution in [1.29, 1.82) is 0 Å². The molecular weight excluding hydrogens is 622 g/mol. The molecule has 0 bridgehead atoms. The Labute approximate surface area is 257 Å². The van der Waals surface area contributed by atoms with E-state index in [4.69, 9.17) is 8.83 Å². The van der Waals surface area contributed by atoms with Gasteiger partial charge in [-0.05, 0) is 47.5 Å². The standard InChI is InChI=1S/C31H26F6N4O5/c32-30(33,34)21-7-1-19(2-8-21)5-11-28-40-23(17-45-28)13-26(43)38-15-25(42)16-39-27(44)14-24-18-46-29(41-24)12-6-20-3-9-22(10-4-20)31(35,36)37/h1-12,17-18,25,42H,13-16H2,(H,38,43)(H,39,44)/b11-5+,12-6+. The SMILES string of the molecule is O=C(Cc1coc(/C=C/c2ccc(C(F)(F)F)cc2)n1)NCC(O)CNC(=O)Cc1coc(/C=C/c2ccc(C(F)(F)F)cc2)n1. The molecular formula is C31H26F6N4O5. The van der Waals surface area contributed by atoms with Crippen LogP contribution in [0.4, 0.5) is 26.3 Å². The van der Waals surface area contributed by atoms with Crippen molar-refractivity contribution in [3.63, 3.8) is 0 Å². The Morgan fingerprint density at radius 1 is 0.674 bits per heavy atom. The number of hydrogen-bond acceptors (Lipinski definition) is 7. The molecule has 3 N–H and O–H groups in total. The van der Waals surface area contributed by atoms with Gasteiger partial charge >= 0.3 is 12.4 Å². The zero-order chi connectivity index (χ0) is 33.3. The van der Waals surface area contributed by atoms with Gasteiger partial charge in [0.2, 0.25) is 23.6 Å². The predicted molar refractivity (Wildman–Crippen MR) is 153 cm³/mol. The monoisotopic (exact) mass is 648 g/mol. The number of alkyl halides is 6. The Kier molecular flexibility index (Phi) is 10.8. The first-order valence-corrected chi connectivity index (χ1v) is 13.6. The van der Waals surface area contributed by atoms with E-state index in [1.807, 2.05) is 0 Å². The van der Waals surface area contributed by atoms with Gasteiger partial charge in [0, 0.05) is 25.2 Å². The minimum atomic E-state index is -4.43. The van der Waals surface area contributed by atoms with Crippen molar-refractivity contribution in [2.45, 2.75) is 31.3 Å². The van der Waals surface area contributed by atoms with E-state index in [0.29, 0.717) is 11.1 Å². The summed E-state index contributed by atoms with van der Waals surface area (Å²) in [4.78, 5) is 32.7. The zero-order valence-electron chi connectivity index (χ0n) is 23.7. The van der Waals surface area contributed by atoms with Crippen molar-refractivity contribution in [2.75, 3.05) is 13.1 Å². The molecule has 2 aromatic carbocycles. The minimum Gasteiger partial charge on any atom is -0.445 e. The van der Waals surface area contributed by atoms with Crippen LogP contribution in [0.5, 0.6) is 0 Å². The number of oxazole rings is 2. The molecule has 2 amide bonds. The predicted octanol–water partition coefficient (Wildman–Crippen LogP) is 5.42. The third kappa shape index (κ3) is 10.5. The summed E-state index contributed by atoms with van der Waals surface area (Å²) in [7, 11) is 0. The van der Waals surface area contributed by atoms with Crippen LogP contribution in [0.15, 0.2) is 69.9 Å². The molecule has 0 aliphatic carbocycles.